The average molecular weight is 379 g/mol. The fraction of sp³-hybridized carbons (Fsp3) is 0.0588. The minimum Gasteiger partial charge on any atom is -0.452 e. The Morgan fingerprint density at radius 1 is 1.27 bits per heavy atom. The summed E-state index contributed by atoms with van der Waals surface area (Å²) >= 11 is 5.62. The molecule has 2 rings (SSSR count). The molecule has 0 heterocycles. The summed E-state index contributed by atoms with van der Waals surface area (Å²) in [5.74, 6) is -2.13. The molecule has 134 valence electrons. The standard InChI is InChI=1S/C17H12ClFN2O5/c18-12-9-11(5-7-13(12)19)6-8-17(23)26-10-16(22)20-14-3-1-2-4-15(14)21(24)25/h1-9H,10H2,(H,20,22)/b8-6+. The van der Waals surface area contributed by atoms with Crippen LogP contribution in [0.25, 0.3) is 6.08 Å². The number of hydrogen-bond acceptors (Lipinski definition) is 5. The molecule has 2 aromatic carbocycles. The lowest BCUT2D eigenvalue weighted by Gasteiger charge is -2.05. The van der Waals surface area contributed by atoms with E-state index >= 15 is 0 Å². The van der Waals surface area contributed by atoms with Crippen LogP contribution in [0.5, 0.6) is 0 Å². The number of nitrogens with one attached hydrogen (secondary N) is 1. The number of hydrogen-bond donors (Lipinski definition) is 1. The number of para-hydroxylation sites is 2. The Kier molecular flexibility index (Phi) is 6.40. The molecule has 26 heavy (non-hydrogen) atoms. The highest BCUT2D eigenvalue weighted by atomic mass is 35.5. The van der Waals surface area contributed by atoms with E-state index in [0.29, 0.717) is 5.56 Å². The smallest absolute Gasteiger partial charge is 0.331 e. The van der Waals surface area contributed by atoms with Crippen molar-refractivity contribution in [2.45, 2.75) is 0 Å². The van der Waals surface area contributed by atoms with Gasteiger partial charge in [-0.1, -0.05) is 29.8 Å². The molecule has 1 amide bonds. The SMILES string of the molecule is O=C(COC(=O)/C=C/c1ccc(F)c(Cl)c1)Nc1ccccc1[N+](=O)[O-]. The van der Waals surface area contributed by atoms with E-state index in [9.17, 15) is 24.1 Å². The average Bonchev–Trinajstić information content (AvgIpc) is 2.61. The van der Waals surface area contributed by atoms with Gasteiger partial charge in [0.1, 0.15) is 11.5 Å². The summed E-state index contributed by atoms with van der Waals surface area (Å²) in [6, 6.07) is 9.45. The Morgan fingerprint density at radius 3 is 2.69 bits per heavy atom. The number of carbonyl (C=O) groups is 2. The topological polar surface area (TPSA) is 98.5 Å². The molecule has 0 aliphatic rings. The number of nitrogens with zero attached hydrogens (tertiary/aromatic N) is 1. The van der Waals surface area contributed by atoms with Gasteiger partial charge < -0.3 is 10.1 Å². The monoisotopic (exact) mass is 378 g/mol. The molecule has 0 saturated carbocycles. The first-order valence-electron chi connectivity index (χ1n) is 7.20. The molecule has 0 unspecified atom stereocenters. The third kappa shape index (κ3) is 5.38. The highest BCUT2D eigenvalue weighted by Crippen LogP contribution is 2.23. The molecule has 0 aliphatic carbocycles. The second-order valence-electron chi connectivity index (χ2n) is 4.94. The van der Waals surface area contributed by atoms with Crippen molar-refractivity contribution in [2.75, 3.05) is 11.9 Å². The van der Waals surface area contributed by atoms with Crippen molar-refractivity contribution in [1.29, 1.82) is 0 Å². The Labute approximate surface area is 152 Å². The van der Waals surface area contributed by atoms with Crippen molar-refractivity contribution in [3.05, 3.63) is 75.1 Å². The summed E-state index contributed by atoms with van der Waals surface area (Å²) < 4.78 is 17.8. The zero-order valence-electron chi connectivity index (χ0n) is 13.1. The quantitative estimate of drug-likeness (QED) is 0.358. The van der Waals surface area contributed by atoms with Crippen LogP contribution in [-0.4, -0.2) is 23.4 Å². The van der Waals surface area contributed by atoms with Crippen LogP contribution >= 0.6 is 11.6 Å². The predicted molar refractivity (Wildman–Crippen MR) is 93.1 cm³/mol. The molecule has 0 saturated heterocycles. The molecule has 0 spiro atoms. The van der Waals surface area contributed by atoms with Gasteiger partial charge in [-0.05, 0) is 29.8 Å². The number of ether oxygens (including phenoxy) is 1. The molecule has 0 aliphatic heterocycles. The Balaban J connectivity index is 1.89. The predicted octanol–water partition coefficient (Wildman–Crippen LogP) is 3.58. The van der Waals surface area contributed by atoms with E-state index in [-0.39, 0.29) is 16.4 Å². The van der Waals surface area contributed by atoms with Gasteiger partial charge in [0.2, 0.25) is 0 Å². The molecule has 9 heteroatoms. The number of esters is 1. The highest BCUT2D eigenvalue weighted by Gasteiger charge is 2.15. The maximum absolute atomic E-state index is 13.0. The van der Waals surface area contributed by atoms with Gasteiger partial charge in [-0.3, -0.25) is 14.9 Å². The van der Waals surface area contributed by atoms with E-state index in [1.165, 1.54) is 42.5 Å². The van der Waals surface area contributed by atoms with Gasteiger partial charge in [-0.2, -0.15) is 0 Å². The number of benzene rings is 2. The molecule has 2 aromatic rings. The Bertz CT molecular complexity index is 885. The normalized spacial score (nSPS) is 10.5. The van der Waals surface area contributed by atoms with Crippen LogP contribution in [0, 0.1) is 15.9 Å². The van der Waals surface area contributed by atoms with Crippen molar-refractivity contribution in [3.63, 3.8) is 0 Å². The van der Waals surface area contributed by atoms with Crippen molar-refractivity contribution in [2.24, 2.45) is 0 Å². The minimum atomic E-state index is -0.817. The van der Waals surface area contributed by atoms with E-state index in [1.807, 2.05) is 0 Å². The second kappa shape index (κ2) is 8.72. The van der Waals surface area contributed by atoms with Crippen molar-refractivity contribution in [1.82, 2.24) is 0 Å². The molecule has 0 radical (unpaired) electrons. The summed E-state index contributed by atoms with van der Waals surface area (Å²) in [6.45, 7) is -0.626. The van der Waals surface area contributed by atoms with Crippen LogP contribution in [0.15, 0.2) is 48.5 Å². The van der Waals surface area contributed by atoms with Crippen LogP contribution < -0.4 is 5.32 Å². The van der Waals surface area contributed by atoms with Gasteiger partial charge >= 0.3 is 5.97 Å². The van der Waals surface area contributed by atoms with E-state index in [0.717, 1.165) is 12.1 Å². The van der Waals surface area contributed by atoms with Crippen LogP contribution in [-0.2, 0) is 14.3 Å². The second-order valence-corrected chi connectivity index (χ2v) is 5.34. The van der Waals surface area contributed by atoms with Crippen molar-refractivity contribution >= 4 is 40.9 Å². The molecule has 0 aromatic heterocycles. The minimum absolute atomic E-state index is 0.00459. The van der Waals surface area contributed by atoms with Crippen LogP contribution in [0.4, 0.5) is 15.8 Å². The van der Waals surface area contributed by atoms with E-state index in [2.05, 4.69) is 5.32 Å². The third-order valence-corrected chi connectivity index (χ3v) is 3.37. The maximum Gasteiger partial charge on any atom is 0.331 e. The van der Waals surface area contributed by atoms with E-state index < -0.39 is 29.2 Å². The Hall–Kier alpha value is -3.26. The summed E-state index contributed by atoms with van der Waals surface area (Å²) in [5.41, 5.74) is 0.188. The number of halogens is 2. The van der Waals surface area contributed by atoms with Gasteiger partial charge in [-0.15, -0.1) is 0 Å². The lowest BCUT2D eigenvalue weighted by molar-refractivity contribution is -0.383. The summed E-state index contributed by atoms with van der Waals surface area (Å²) in [6.07, 6.45) is 2.38. The molecular formula is C17H12ClFN2O5. The Morgan fingerprint density at radius 2 is 2.00 bits per heavy atom. The van der Waals surface area contributed by atoms with E-state index in [1.54, 1.807) is 0 Å². The summed E-state index contributed by atoms with van der Waals surface area (Å²) in [5, 5.41) is 13.1. The van der Waals surface area contributed by atoms with Gasteiger partial charge in [0.25, 0.3) is 11.6 Å². The molecule has 0 bridgehead atoms. The highest BCUT2D eigenvalue weighted by molar-refractivity contribution is 6.30. The fourth-order valence-corrected chi connectivity index (χ4v) is 2.08. The van der Waals surface area contributed by atoms with Gasteiger partial charge in [0.05, 0.1) is 9.95 Å². The van der Waals surface area contributed by atoms with E-state index in [4.69, 9.17) is 16.3 Å². The summed E-state index contributed by atoms with van der Waals surface area (Å²) in [4.78, 5) is 33.6. The van der Waals surface area contributed by atoms with Crippen molar-refractivity contribution < 1.29 is 23.6 Å². The van der Waals surface area contributed by atoms with Crippen LogP contribution in [0.3, 0.4) is 0 Å². The molecule has 7 nitrogen and oxygen atoms in total. The maximum atomic E-state index is 13.0. The lowest BCUT2D eigenvalue weighted by atomic mass is 10.2. The molecule has 0 fully saturated rings. The number of nitro benzene ring substituents is 1. The number of amides is 1. The van der Waals surface area contributed by atoms with Gasteiger partial charge in [-0.25, -0.2) is 9.18 Å². The first kappa shape index (κ1) is 19.1. The van der Waals surface area contributed by atoms with Gasteiger partial charge in [0, 0.05) is 12.1 Å². The number of carbonyl (C=O) groups excluding carboxylic acids is 2. The largest absolute Gasteiger partial charge is 0.452 e. The fourth-order valence-electron chi connectivity index (χ4n) is 1.89. The third-order valence-electron chi connectivity index (χ3n) is 3.08. The first-order chi connectivity index (χ1) is 12.4. The number of anilines is 1. The zero-order chi connectivity index (χ0) is 19.1. The summed E-state index contributed by atoms with van der Waals surface area (Å²) in [7, 11) is 0. The number of rotatable bonds is 6. The molecular weight excluding hydrogens is 367 g/mol. The number of nitro groups is 1. The van der Waals surface area contributed by atoms with Crippen LogP contribution in [0.2, 0.25) is 5.02 Å². The first-order valence-corrected chi connectivity index (χ1v) is 7.58. The van der Waals surface area contributed by atoms with Crippen molar-refractivity contribution in [3.8, 4) is 0 Å². The van der Waals surface area contributed by atoms with Crippen LogP contribution in [0.1, 0.15) is 5.56 Å². The lowest BCUT2D eigenvalue weighted by Crippen LogP contribution is -2.20. The van der Waals surface area contributed by atoms with Gasteiger partial charge in [0.15, 0.2) is 6.61 Å². The molecule has 1 N–H and O–H groups in total. The zero-order valence-corrected chi connectivity index (χ0v) is 13.9. The molecule has 0 atom stereocenters.